The number of fused-ring (bicyclic) bond motifs is 2. The van der Waals surface area contributed by atoms with Gasteiger partial charge in [0, 0.05) is 30.6 Å². The summed E-state index contributed by atoms with van der Waals surface area (Å²) >= 11 is 1.34. The molecule has 1 aromatic heterocycles. The highest BCUT2D eigenvalue weighted by molar-refractivity contribution is 7.19. The first-order chi connectivity index (χ1) is 16.5. The van der Waals surface area contributed by atoms with Gasteiger partial charge >= 0.3 is 0 Å². The molecule has 2 aliphatic heterocycles. The summed E-state index contributed by atoms with van der Waals surface area (Å²) in [6.07, 6.45) is 1.84. The van der Waals surface area contributed by atoms with Crippen LogP contribution in [0.1, 0.15) is 38.4 Å². The second-order valence-electron chi connectivity index (χ2n) is 9.37. The zero-order chi connectivity index (χ0) is 23.4. The molecule has 1 aliphatic carbocycles. The van der Waals surface area contributed by atoms with E-state index in [-0.39, 0.29) is 17.9 Å². The second-order valence-corrected chi connectivity index (χ2v) is 10.4. The van der Waals surface area contributed by atoms with Crippen LogP contribution < -0.4 is 15.8 Å². The molecule has 2 aromatic carbocycles. The van der Waals surface area contributed by atoms with Gasteiger partial charge in [-0.25, -0.2) is 4.98 Å². The van der Waals surface area contributed by atoms with Gasteiger partial charge in [0.15, 0.2) is 5.13 Å². The van der Waals surface area contributed by atoms with Crippen molar-refractivity contribution in [2.24, 2.45) is 11.8 Å². The summed E-state index contributed by atoms with van der Waals surface area (Å²) in [6.45, 7) is 3.75. The van der Waals surface area contributed by atoms with Crippen molar-refractivity contribution in [1.29, 1.82) is 0 Å². The van der Waals surface area contributed by atoms with Crippen molar-refractivity contribution in [3.63, 3.8) is 0 Å². The number of hydrogen-bond donors (Lipinski definition) is 2. The number of likely N-dealkylation sites (tertiary alicyclic amines) is 1. The van der Waals surface area contributed by atoms with E-state index in [0.717, 1.165) is 40.2 Å². The fraction of sp³-hybridized carbons (Fsp3) is 0.346. The van der Waals surface area contributed by atoms with E-state index in [9.17, 15) is 9.59 Å². The summed E-state index contributed by atoms with van der Waals surface area (Å²) in [7, 11) is 0. The van der Waals surface area contributed by atoms with E-state index in [1.807, 2.05) is 54.3 Å². The molecule has 2 amide bonds. The number of nitrogens with one attached hydrogen (secondary N) is 1. The third-order valence-corrected chi connectivity index (χ3v) is 8.08. The van der Waals surface area contributed by atoms with E-state index in [2.05, 4.69) is 10.3 Å². The fourth-order valence-corrected chi connectivity index (χ4v) is 6.21. The van der Waals surface area contributed by atoms with Crippen LogP contribution >= 0.6 is 11.3 Å². The minimum Gasteiger partial charge on any atom is -0.493 e. The van der Waals surface area contributed by atoms with Crippen LogP contribution in [0.3, 0.4) is 0 Å². The second kappa shape index (κ2) is 8.13. The van der Waals surface area contributed by atoms with E-state index < -0.39 is 0 Å². The van der Waals surface area contributed by atoms with E-state index in [0.29, 0.717) is 47.9 Å². The predicted octanol–water partition coefficient (Wildman–Crippen LogP) is 3.53. The first-order valence-electron chi connectivity index (χ1n) is 11.7. The lowest BCUT2D eigenvalue weighted by Crippen LogP contribution is -2.45. The number of aryl methyl sites for hydroxylation is 1. The molecular formula is C26H26N4O3S. The average Bonchev–Trinajstić information content (AvgIpc) is 3.16. The molecular weight excluding hydrogens is 448 g/mol. The predicted molar refractivity (Wildman–Crippen MR) is 131 cm³/mol. The molecule has 2 fully saturated rings. The Morgan fingerprint density at radius 1 is 1.26 bits per heavy atom. The van der Waals surface area contributed by atoms with Gasteiger partial charge in [0.25, 0.3) is 11.8 Å². The molecule has 3 atom stereocenters. The number of thiazole rings is 1. The number of anilines is 1. The molecule has 6 rings (SSSR count). The third-order valence-electron chi connectivity index (χ3n) is 7.15. The lowest BCUT2D eigenvalue weighted by molar-refractivity contribution is 0.0690. The van der Waals surface area contributed by atoms with Crippen LogP contribution in [0.4, 0.5) is 5.13 Å². The first kappa shape index (κ1) is 21.2. The number of carbonyl (C=O) groups excluding carboxylic acids is 2. The largest absolute Gasteiger partial charge is 0.493 e. The number of amides is 2. The lowest BCUT2D eigenvalue weighted by Gasteiger charge is -2.27. The molecule has 1 saturated carbocycles. The summed E-state index contributed by atoms with van der Waals surface area (Å²) in [4.78, 5) is 33.8. The van der Waals surface area contributed by atoms with Gasteiger partial charge in [-0.3, -0.25) is 9.59 Å². The first-order valence-corrected chi connectivity index (χ1v) is 12.5. The smallest absolute Gasteiger partial charge is 0.274 e. The summed E-state index contributed by atoms with van der Waals surface area (Å²) in [6, 6.07) is 13.6. The molecule has 0 spiro atoms. The zero-order valence-electron chi connectivity index (χ0n) is 18.9. The summed E-state index contributed by atoms with van der Waals surface area (Å²) in [5.74, 6) is 1.49. The molecule has 3 N–H and O–H groups in total. The van der Waals surface area contributed by atoms with Crippen LogP contribution in [0, 0.1) is 18.8 Å². The summed E-state index contributed by atoms with van der Waals surface area (Å²) in [5, 5.41) is 3.48. The van der Waals surface area contributed by atoms with Crippen LogP contribution in [0.25, 0.3) is 10.4 Å². The number of benzene rings is 2. The highest BCUT2D eigenvalue weighted by Gasteiger charge is 2.54. The van der Waals surface area contributed by atoms with Crippen LogP contribution in [0.5, 0.6) is 5.75 Å². The van der Waals surface area contributed by atoms with Gasteiger partial charge in [-0.2, -0.15) is 0 Å². The zero-order valence-corrected chi connectivity index (χ0v) is 19.7. The molecule has 8 heteroatoms. The third kappa shape index (κ3) is 3.62. The number of carbonyl (C=O) groups is 2. The number of hydrogen-bond acceptors (Lipinski definition) is 6. The number of aromatic nitrogens is 1. The Balaban J connectivity index is 1.22. The summed E-state index contributed by atoms with van der Waals surface area (Å²) < 4.78 is 5.60. The van der Waals surface area contributed by atoms with Crippen molar-refractivity contribution in [2.75, 3.05) is 25.4 Å². The van der Waals surface area contributed by atoms with Gasteiger partial charge in [0.2, 0.25) is 0 Å². The number of ether oxygens (including phenoxy) is 1. The van der Waals surface area contributed by atoms with Crippen LogP contribution in [0.2, 0.25) is 0 Å². The van der Waals surface area contributed by atoms with Gasteiger partial charge in [-0.1, -0.05) is 47.2 Å². The normalized spacial score (nSPS) is 22.1. The van der Waals surface area contributed by atoms with Crippen molar-refractivity contribution in [3.05, 3.63) is 64.8 Å². The lowest BCUT2D eigenvalue weighted by atomic mass is 10.0. The van der Waals surface area contributed by atoms with Crippen molar-refractivity contribution >= 4 is 28.3 Å². The molecule has 0 radical (unpaired) electrons. The Kier molecular flexibility index (Phi) is 5.06. The van der Waals surface area contributed by atoms with Crippen molar-refractivity contribution in [2.45, 2.75) is 25.8 Å². The Morgan fingerprint density at radius 2 is 2.12 bits per heavy atom. The fourth-order valence-electron chi connectivity index (χ4n) is 5.39. The molecule has 174 valence electrons. The number of nitrogen functional groups attached to an aromatic ring is 1. The molecule has 34 heavy (non-hydrogen) atoms. The maximum Gasteiger partial charge on any atom is 0.274 e. The molecule has 3 aliphatic rings. The van der Waals surface area contributed by atoms with E-state index in [1.165, 1.54) is 11.3 Å². The van der Waals surface area contributed by atoms with Crippen molar-refractivity contribution in [3.8, 4) is 16.2 Å². The van der Waals surface area contributed by atoms with E-state index in [1.54, 1.807) is 0 Å². The number of piperidine rings is 1. The van der Waals surface area contributed by atoms with Crippen LogP contribution in [-0.2, 0) is 6.42 Å². The minimum absolute atomic E-state index is 0.0391. The van der Waals surface area contributed by atoms with Gasteiger partial charge in [0.1, 0.15) is 11.4 Å². The number of nitrogens with two attached hydrogens (primary N) is 1. The van der Waals surface area contributed by atoms with E-state index in [4.69, 9.17) is 10.5 Å². The standard InChI is InChI=1S/C26H26N4O3S/c1-14-4-2-5-15(10-14)23-22(29-26(27)34-23)25(32)30-13-16-11-19(16)20(30)12-28-24(31)18-6-3-7-21-17(18)8-9-33-21/h2-7,10,16,19-20H,8-9,11-13H2,1H3,(H2,27,29)(H,28,31)/t16-,19-,20-/m1/s1. The molecule has 0 bridgehead atoms. The Hall–Kier alpha value is -3.39. The number of nitrogens with zero attached hydrogens (tertiary/aromatic N) is 2. The number of rotatable bonds is 5. The highest BCUT2D eigenvalue weighted by atomic mass is 32.1. The molecule has 7 nitrogen and oxygen atoms in total. The van der Waals surface area contributed by atoms with Crippen LogP contribution in [0.15, 0.2) is 42.5 Å². The highest BCUT2D eigenvalue weighted by Crippen LogP contribution is 2.50. The summed E-state index contributed by atoms with van der Waals surface area (Å²) in [5.41, 5.74) is 10.1. The Bertz CT molecular complexity index is 1300. The van der Waals surface area contributed by atoms with Gasteiger partial charge < -0.3 is 20.7 Å². The van der Waals surface area contributed by atoms with Crippen molar-refractivity contribution < 1.29 is 14.3 Å². The van der Waals surface area contributed by atoms with Crippen LogP contribution in [-0.4, -0.2) is 47.4 Å². The molecule has 3 aromatic rings. The topological polar surface area (TPSA) is 97.5 Å². The maximum absolute atomic E-state index is 13.7. The van der Waals surface area contributed by atoms with E-state index >= 15 is 0 Å². The van der Waals surface area contributed by atoms with Gasteiger partial charge in [-0.05, 0) is 42.9 Å². The average molecular weight is 475 g/mol. The maximum atomic E-state index is 13.7. The Morgan fingerprint density at radius 3 is 2.97 bits per heavy atom. The molecule has 0 unspecified atom stereocenters. The van der Waals surface area contributed by atoms with Gasteiger partial charge in [0.05, 0.1) is 17.5 Å². The minimum atomic E-state index is -0.114. The van der Waals surface area contributed by atoms with Gasteiger partial charge in [-0.15, -0.1) is 0 Å². The molecule has 3 heterocycles. The molecule has 1 saturated heterocycles. The Labute approximate surface area is 201 Å². The monoisotopic (exact) mass is 474 g/mol. The SMILES string of the molecule is Cc1cccc(-c2sc(N)nc2C(=O)N2C[C@H]3C[C@H]3[C@H]2CNC(=O)c2cccc3c2CCO3)c1. The quantitative estimate of drug-likeness (QED) is 0.590. The van der Waals surface area contributed by atoms with Crippen molar-refractivity contribution in [1.82, 2.24) is 15.2 Å².